The molecule has 0 radical (unpaired) electrons. The van der Waals surface area contributed by atoms with Gasteiger partial charge in [0, 0.05) is 0 Å². The quantitative estimate of drug-likeness (QED) is 0.612. The van der Waals surface area contributed by atoms with Crippen molar-refractivity contribution in [3.63, 3.8) is 0 Å². The van der Waals surface area contributed by atoms with E-state index in [1.807, 2.05) is 0 Å². The van der Waals surface area contributed by atoms with E-state index in [2.05, 4.69) is 0 Å². The van der Waals surface area contributed by atoms with Crippen LogP contribution in [0.15, 0.2) is 23.1 Å². The summed E-state index contributed by atoms with van der Waals surface area (Å²) in [4.78, 5) is 0.405. The molecule has 11 heavy (non-hydrogen) atoms. The molecule has 0 aliphatic rings. The van der Waals surface area contributed by atoms with Crippen molar-refractivity contribution < 1.29 is 8.42 Å². The first-order valence-electron chi connectivity index (χ1n) is 3.60. The third-order valence-corrected chi connectivity index (χ3v) is 3.20. The van der Waals surface area contributed by atoms with Crippen LogP contribution in [0.2, 0.25) is 0 Å². The zero-order chi connectivity index (χ0) is 8.91. The minimum absolute atomic E-state index is 0.164. The second-order valence-corrected chi connectivity index (χ2v) is 4.37. The molecule has 0 amide bonds. The van der Waals surface area contributed by atoms with E-state index in [9.17, 15) is 8.42 Å². The number of rotatable bonds is 3. The second-order valence-electron chi connectivity index (χ2n) is 2.09. The van der Waals surface area contributed by atoms with E-state index in [0.29, 0.717) is 4.91 Å². The average Bonchev–Trinajstić information content (AvgIpc) is 2.00. The van der Waals surface area contributed by atoms with Crippen molar-refractivity contribution in [1.29, 1.82) is 0 Å². The van der Waals surface area contributed by atoms with Crippen LogP contribution in [-0.2, 0) is 9.84 Å². The maximum absolute atomic E-state index is 11.2. The Morgan fingerprint density at radius 2 is 1.91 bits per heavy atom. The Kier molecular flexibility index (Phi) is 4.11. The molecule has 0 aliphatic heterocycles. The second kappa shape index (κ2) is 4.34. The van der Waals surface area contributed by atoms with Gasteiger partial charge < -0.3 is 0 Å². The van der Waals surface area contributed by atoms with Gasteiger partial charge in [-0.2, -0.15) is 0 Å². The Hall–Kier alpha value is -0.570. The summed E-state index contributed by atoms with van der Waals surface area (Å²) in [6.07, 6.45) is 4.94. The molecule has 0 aromatic heterocycles. The van der Waals surface area contributed by atoms with Crippen molar-refractivity contribution in [3.05, 3.63) is 23.1 Å². The van der Waals surface area contributed by atoms with Crippen LogP contribution < -0.4 is 0 Å². The van der Waals surface area contributed by atoms with E-state index in [1.54, 1.807) is 39.0 Å². The Morgan fingerprint density at radius 3 is 2.18 bits per heavy atom. The number of hydrogen-bond donors (Lipinski definition) is 0. The lowest BCUT2D eigenvalue weighted by Gasteiger charge is -1.99. The molecule has 0 aliphatic carbocycles. The third kappa shape index (κ3) is 2.89. The highest BCUT2D eigenvalue weighted by atomic mass is 32.2. The first-order chi connectivity index (χ1) is 5.08. The highest BCUT2D eigenvalue weighted by molar-refractivity contribution is 7.95. The van der Waals surface area contributed by atoms with Gasteiger partial charge >= 0.3 is 0 Å². The Morgan fingerprint density at radius 1 is 1.36 bits per heavy atom. The standard InChI is InChI=1S/C8H14O2S/c1-4-7-8(5-2)11(9,10)6-3/h4-5,7H,6H2,1-3H3. The monoisotopic (exact) mass is 174 g/mol. The zero-order valence-corrected chi connectivity index (χ0v) is 7.98. The molecule has 0 N–H and O–H groups in total. The molecule has 2 nitrogen and oxygen atoms in total. The highest BCUT2D eigenvalue weighted by Crippen LogP contribution is 2.08. The van der Waals surface area contributed by atoms with Crippen molar-refractivity contribution >= 4 is 9.84 Å². The van der Waals surface area contributed by atoms with Gasteiger partial charge in [0.05, 0.1) is 10.7 Å². The molecule has 0 fully saturated rings. The van der Waals surface area contributed by atoms with Gasteiger partial charge in [-0.1, -0.05) is 19.1 Å². The number of hydrogen-bond acceptors (Lipinski definition) is 2. The predicted molar refractivity (Wildman–Crippen MR) is 48.0 cm³/mol. The smallest absolute Gasteiger partial charge is 0.177 e. The summed E-state index contributed by atoms with van der Waals surface area (Å²) in [6, 6.07) is 0. The normalized spacial score (nSPS) is 14.3. The van der Waals surface area contributed by atoms with Crippen LogP contribution in [0.5, 0.6) is 0 Å². The molecular weight excluding hydrogens is 160 g/mol. The fourth-order valence-corrected chi connectivity index (χ4v) is 1.75. The van der Waals surface area contributed by atoms with Crippen LogP contribution in [-0.4, -0.2) is 14.2 Å². The summed E-state index contributed by atoms with van der Waals surface area (Å²) in [5.74, 6) is 0.164. The van der Waals surface area contributed by atoms with Crippen molar-refractivity contribution in [2.24, 2.45) is 0 Å². The van der Waals surface area contributed by atoms with Crippen LogP contribution in [0.4, 0.5) is 0 Å². The van der Waals surface area contributed by atoms with Gasteiger partial charge in [0.2, 0.25) is 0 Å². The molecule has 0 saturated carbocycles. The largest absolute Gasteiger partial charge is 0.224 e. The van der Waals surface area contributed by atoms with E-state index in [4.69, 9.17) is 0 Å². The first-order valence-corrected chi connectivity index (χ1v) is 5.25. The molecule has 0 saturated heterocycles. The van der Waals surface area contributed by atoms with Gasteiger partial charge in [0.25, 0.3) is 0 Å². The van der Waals surface area contributed by atoms with Gasteiger partial charge in [0.15, 0.2) is 9.84 Å². The summed E-state index contributed by atoms with van der Waals surface area (Å²) in [6.45, 7) is 5.17. The molecule has 64 valence electrons. The van der Waals surface area contributed by atoms with E-state index in [1.165, 1.54) is 0 Å². The molecule has 0 rings (SSSR count). The lowest BCUT2D eigenvalue weighted by Crippen LogP contribution is -2.04. The SMILES string of the molecule is CC=CC(=CC)S(=O)(=O)CC. The van der Waals surface area contributed by atoms with E-state index in [-0.39, 0.29) is 5.75 Å². The van der Waals surface area contributed by atoms with Crippen LogP contribution in [0.25, 0.3) is 0 Å². The van der Waals surface area contributed by atoms with Crippen molar-refractivity contribution in [1.82, 2.24) is 0 Å². The zero-order valence-electron chi connectivity index (χ0n) is 7.16. The van der Waals surface area contributed by atoms with Gasteiger partial charge in [0.1, 0.15) is 0 Å². The minimum Gasteiger partial charge on any atom is -0.224 e. The third-order valence-electron chi connectivity index (χ3n) is 1.35. The fraction of sp³-hybridized carbons (Fsp3) is 0.500. The topological polar surface area (TPSA) is 34.1 Å². The molecule has 0 unspecified atom stereocenters. The highest BCUT2D eigenvalue weighted by Gasteiger charge is 2.09. The molecule has 0 atom stereocenters. The maximum Gasteiger partial charge on any atom is 0.177 e. The van der Waals surface area contributed by atoms with Crippen molar-refractivity contribution in [2.75, 3.05) is 5.75 Å². The Balaban J connectivity index is 4.83. The van der Waals surface area contributed by atoms with Crippen LogP contribution in [0.1, 0.15) is 20.8 Å². The summed E-state index contributed by atoms with van der Waals surface area (Å²) in [5, 5.41) is 0. The van der Waals surface area contributed by atoms with Crippen molar-refractivity contribution in [3.8, 4) is 0 Å². The maximum atomic E-state index is 11.2. The lowest BCUT2D eigenvalue weighted by molar-refractivity contribution is 0.604. The van der Waals surface area contributed by atoms with Gasteiger partial charge in [-0.25, -0.2) is 8.42 Å². The molecule has 0 heterocycles. The van der Waals surface area contributed by atoms with Crippen LogP contribution in [0.3, 0.4) is 0 Å². The van der Waals surface area contributed by atoms with E-state index < -0.39 is 9.84 Å². The summed E-state index contributed by atoms with van der Waals surface area (Å²) in [5.41, 5.74) is 0. The predicted octanol–water partition coefficient (Wildman–Crippen LogP) is 1.90. The van der Waals surface area contributed by atoms with E-state index >= 15 is 0 Å². The molecule has 0 aromatic rings. The Bertz CT molecular complexity index is 258. The summed E-state index contributed by atoms with van der Waals surface area (Å²) >= 11 is 0. The van der Waals surface area contributed by atoms with Gasteiger partial charge in [-0.05, 0) is 19.9 Å². The number of allylic oxidation sites excluding steroid dienone is 3. The Labute approximate surface area is 68.5 Å². The van der Waals surface area contributed by atoms with Gasteiger partial charge in [-0.3, -0.25) is 0 Å². The van der Waals surface area contributed by atoms with Gasteiger partial charge in [-0.15, -0.1) is 0 Å². The van der Waals surface area contributed by atoms with E-state index in [0.717, 1.165) is 0 Å². The average molecular weight is 174 g/mol. The number of sulfone groups is 1. The van der Waals surface area contributed by atoms with Crippen LogP contribution >= 0.6 is 0 Å². The fourth-order valence-electron chi connectivity index (χ4n) is 0.710. The molecule has 0 spiro atoms. The molecule has 0 aromatic carbocycles. The molecular formula is C8H14O2S. The molecule has 3 heteroatoms. The van der Waals surface area contributed by atoms with Crippen molar-refractivity contribution in [2.45, 2.75) is 20.8 Å². The first kappa shape index (κ1) is 10.4. The minimum atomic E-state index is -3.00. The summed E-state index contributed by atoms with van der Waals surface area (Å²) < 4.78 is 22.4. The molecule has 0 bridgehead atoms. The summed E-state index contributed by atoms with van der Waals surface area (Å²) in [7, 11) is -3.00. The van der Waals surface area contributed by atoms with Crippen LogP contribution in [0, 0.1) is 0 Å². The lowest BCUT2D eigenvalue weighted by atomic mass is 10.4.